The van der Waals surface area contributed by atoms with Crippen LogP contribution < -0.4 is 0 Å². The van der Waals surface area contributed by atoms with Gasteiger partial charge in [0.2, 0.25) is 0 Å². The van der Waals surface area contributed by atoms with Crippen molar-refractivity contribution in [2.45, 2.75) is 90.8 Å². The van der Waals surface area contributed by atoms with Crippen molar-refractivity contribution >= 4 is 17.7 Å². The van der Waals surface area contributed by atoms with Crippen molar-refractivity contribution in [1.82, 2.24) is 0 Å². The second-order valence-electron chi connectivity index (χ2n) is 13.2. The number of esters is 2. The molecular weight excluding hydrogens is 480 g/mol. The van der Waals surface area contributed by atoms with Gasteiger partial charge in [-0.05, 0) is 91.6 Å². The average molecular weight is 525 g/mol. The van der Waals surface area contributed by atoms with Crippen LogP contribution in [0.2, 0.25) is 0 Å². The third-order valence-electron chi connectivity index (χ3n) is 11.6. The molecule has 10 atom stereocenters. The van der Waals surface area contributed by atoms with Crippen molar-refractivity contribution in [3.05, 3.63) is 35.9 Å². The summed E-state index contributed by atoms with van der Waals surface area (Å²) in [4.78, 5) is 37.8. The Kier molecular flexibility index (Phi) is 7.49. The maximum absolute atomic E-state index is 13.4. The van der Waals surface area contributed by atoms with Crippen LogP contribution >= 0.6 is 0 Å². The predicted octanol–water partition coefficient (Wildman–Crippen LogP) is 5.61. The van der Waals surface area contributed by atoms with Gasteiger partial charge in [0, 0.05) is 24.7 Å². The third-order valence-corrected chi connectivity index (χ3v) is 11.6. The molecular formula is C32H44O6. The van der Waals surface area contributed by atoms with Crippen molar-refractivity contribution in [3.63, 3.8) is 0 Å². The number of hydrogen-bond acceptors (Lipinski definition) is 6. The van der Waals surface area contributed by atoms with Gasteiger partial charge in [-0.3, -0.25) is 9.59 Å². The second kappa shape index (κ2) is 10.4. The Morgan fingerprint density at radius 2 is 1.84 bits per heavy atom. The Hall–Kier alpha value is -2.21. The van der Waals surface area contributed by atoms with E-state index in [1.54, 1.807) is 12.1 Å². The van der Waals surface area contributed by atoms with Gasteiger partial charge in [0.1, 0.15) is 11.9 Å². The molecule has 4 fully saturated rings. The lowest BCUT2D eigenvalue weighted by Crippen LogP contribution is -2.62. The molecule has 0 spiro atoms. The molecule has 1 aromatic rings. The summed E-state index contributed by atoms with van der Waals surface area (Å²) in [7, 11) is 1.43. The van der Waals surface area contributed by atoms with E-state index in [0.29, 0.717) is 43.5 Å². The lowest BCUT2D eigenvalue weighted by atomic mass is 9.43. The number of hydrogen-bond donors (Lipinski definition) is 1. The summed E-state index contributed by atoms with van der Waals surface area (Å²) >= 11 is 0. The minimum atomic E-state index is -0.441. The Morgan fingerprint density at radius 1 is 1.11 bits per heavy atom. The van der Waals surface area contributed by atoms with E-state index >= 15 is 0 Å². The Balaban J connectivity index is 1.50. The van der Waals surface area contributed by atoms with E-state index in [0.717, 1.165) is 25.7 Å². The third kappa shape index (κ3) is 4.51. The topological polar surface area (TPSA) is 89.9 Å². The minimum Gasteiger partial charge on any atom is -0.469 e. The number of fused-ring (bicyclic) bond motifs is 5. The molecule has 0 aliphatic heterocycles. The van der Waals surface area contributed by atoms with Crippen LogP contribution in [0.3, 0.4) is 0 Å². The van der Waals surface area contributed by atoms with E-state index in [4.69, 9.17) is 9.47 Å². The Labute approximate surface area is 226 Å². The SMILES string of the molecule is COC(=O)CCC(C)C1CCC2C3C(C[C@H](OC(=O)c4ccccc4)[C@]12C)[C@@]1(C)CCC(=O)CC1C[C@H]3O. The van der Waals surface area contributed by atoms with Crippen LogP contribution in [0.25, 0.3) is 0 Å². The van der Waals surface area contributed by atoms with Crippen LogP contribution in [0.15, 0.2) is 30.3 Å². The molecule has 208 valence electrons. The molecule has 0 radical (unpaired) electrons. The molecule has 1 aromatic carbocycles. The molecule has 5 rings (SSSR count). The van der Waals surface area contributed by atoms with Crippen LogP contribution in [0.4, 0.5) is 0 Å². The highest BCUT2D eigenvalue weighted by Gasteiger charge is 2.66. The standard InChI is InChI=1S/C32H44O6/c1-19(10-13-28(35)37-4)23-11-12-24-29-25(31(2)15-14-22(33)16-21(31)17-26(29)34)18-27(32(23,24)3)38-30(36)20-8-6-5-7-9-20/h5-9,19,21,23-27,29,34H,10-18H2,1-4H3/t19?,21?,23?,24?,25?,26-,27+,29?,31+,32-/m1/s1. The number of carbonyl (C=O) groups excluding carboxylic acids is 3. The Morgan fingerprint density at radius 3 is 2.55 bits per heavy atom. The number of benzene rings is 1. The van der Waals surface area contributed by atoms with Gasteiger partial charge >= 0.3 is 11.9 Å². The van der Waals surface area contributed by atoms with Crippen molar-refractivity contribution in [2.24, 2.45) is 46.3 Å². The fourth-order valence-corrected chi connectivity index (χ4v) is 9.51. The molecule has 1 N–H and O–H groups in total. The van der Waals surface area contributed by atoms with Gasteiger partial charge in [0.15, 0.2) is 0 Å². The summed E-state index contributed by atoms with van der Waals surface area (Å²) in [5, 5.41) is 11.6. The van der Waals surface area contributed by atoms with E-state index in [-0.39, 0.29) is 64.4 Å². The summed E-state index contributed by atoms with van der Waals surface area (Å²) in [6.45, 7) is 6.83. The van der Waals surface area contributed by atoms with Crippen LogP contribution in [-0.2, 0) is 19.1 Å². The van der Waals surface area contributed by atoms with Gasteiger partial charge < -0.3 is 14.6 Å². The zero-order valence-corrected chi connectivity index (χ0v) is 23.4. The van der Waals surface area contributed by atoms with Crippen LogP contribution in [0.1, 0.15) is 88.9 Å². The van der Waals surface area contributed by atoms with Crippen LogP contribution in [0.5, 0.6) is 0 Å². The van der Waals surface area contributed by atoms with Gasteiger partial charge in [-0.15, -0.1) is 0 Å². The number of aliphatic hydroxyl groups excluding tert-OH is 1. The first-order chi connectivity index (χ1) is 18.1. The molecule has 0 heterocycles. The summed E-state index contributed by atoms with van der Waals surface area (Å²) in [6, 6.07) is 9.20. The van der Waals surface area contributed by atoms with Gasteiger partial charge in [0.25, 0.3) is 0 Å². The number of carbonyl (C=O) groups is 3. The van der Waals surface area contributed by atoms with Crippen LogP contribution in [0, 0.1) is 46.3 Å². The smallest absolute Gasteiger partial charge is 0.338 e. The summed E-state index contributed by atoms with van der Waals surface area (Å²) < 4.78 is 11.4. The zero-order valence-electron chi connectivity index (χ0n) is 23.4. The lowest BCUT2D eigenvalue weighted by molar-refractivity contribution is -0.201. The normalized spacial score (nSPS) is 40.9. The minimum absolute atomic E-state index is 0.0366. The van der Waals surface area contributed by atoms with Crippen molar-refractivity contribution in [3.8, 4) is 0 Å². The molecule has 4 aliphatic rings. The molecule has 6 unspecified atom stereocenters. The number of ether oxygens (including phenoxy) is 2. The first-order valence-corrected chi connectivity index (χ1v) is 14.6. The fraction of sp³-hybridized carbons (Fsp3) is 0.719. The summed E-state index contributed by atoms with van der Waals surface area (Å²) in [6.07, 6.45) is 5.80. The molecule has 0 bridgehead atoms. The number of Topliss-reactive ketones (excluding diaryl/α,β-unsaturated/α-hetero) is 1. The van der Waals surface area contributed by atoms with Gasteiger partial charge in [-0.1, -0.05) is 39.0 Å². The molecule has 4 saturated carbocycles. The molecule has 0 saturated heterocycles. The largest absolute Gasteiger partial charge is 0.469 e. The van der Waals surface area contributed by atoms with Gasteiger partial charge in [-0.2, -0.15) is 0 Å². The molecule has 6 heteroatoms. The zero-order chi connectivity index (χ0) is 27.2. The molecule has 0 aromatic heterocycles. The quantitative estimate of drug-likeness (QED) is 0.487. The van der Waals surface area contributed by atoms with Crippen LogP contribution in [-0.4, -0.2) is 42.1 Å². The summed E-state index contributed by atoms with van der Waals surface area (Å²) in [5.74, 6) is 1.12. The number of rotatable bonds is 6. The first-order valence-electron chi connectivity index (χ1n) is 14.6. The second-order valence-corrected chi connectivity index (χ2v) is 13.2. The number of ketones is 1. The van der Waals surface area contributed by atoms with E-state index in [9.17, 15) is 19.5 Å². The highest BCUT2D eigenvalue weighted by atomic mass is 16.5. The number of methoxy groups -OCH3 is 1. The van der Waals surface area contributed by atoms with E-state index in [2.05, 4.69) is 20.8 Å². The highest BCUT2D eigenvalue weighted by Crippen LogP contribution is 2.68. The molecule has 4 aliphatic carbocycles. The monoisotopic (exact) mass is 524 g/mol. The van der Waals surface area contributed by atoms with E-state index in [1.165, 1.54) is 7.11 Å². The molecule has 6 nitrogen and oxygen atoms in total. The maximum Gasteiger partial charge on any atom is 0.338 e. The van der Waals surface area contributed by atoms with Crippen molar-refractivity contribution in [1.29, 1.82) is 0 Å². The lowest BCUT2D eigenvalue weighted by Gasteiger charge is -2.63. The predicted molar refractivity (Wildman–Crippen MR) is 143 cm³/mol. The van der Waals surface area contributed by atoms with E-state index < -0.39 is 6.10 Å². The van der Waals surface area contributed by atoms with Crippen molar-refractivity contribution < 1.29 is 29.0 Å². The molecule has 38 heavy (non-hydrogen) atoms. The first kappa shape index (κ1) is 27.4. The Bertz CT molecular complexity index is 1050. The average Bonchev–Trinajstić information content (AvgIpc) is 3.27. The highest BCUT2D eigenvalue weighted by molar-refractivity contribution is 5.89. The summed E-state index contributed by atoms with van der Waals surface area (Å²) in [5.41, 5.74) is 0.222. The molecule has 0 amide bonds. The van der Waals surface area contributed by atoms with E-state index in [1.807, 2.05) is 18.2 Å². The number of aliphatic hydroxyl groups is 1. The fourth-order valence-electron chi connectivity index (χ4n) is 9.51. The van der Waals surface area contributed by atoms with Gasteiger partial charge in [0.05, 0.1) is 18.8 Å². The van der Waals surface area contributed by atoms with Gasteiger partial charge in [-0.25, -0.2) is 4.79 Å². The maximum atomic E-state index is 13.4. The van der Waals surface area contributed by atoms with Crippen molar-refractivity contribution in [2.75, 3.05) is 7.11 Å².